The van der Waals surface area contributed by atoms with E-state index in [9.17, 15) is 5.11 Å². The van der Waals surface area contributed by atoms with Gasteiger partial charge in [0.25, 0.3) is 0 Å². The van der Waals surface area contributed by atoms with Crippen LogP contribution in [0.25, 0.3) is 22.4 Å². The molecular formula is C20H25NO3. The van der Waals surface area contributed by atoms with Crippen molar-refractivity contribution in [1.82, 2.24) is 4.57 Å². The number of aliphatic hydroxyl groups is 1. The van der Waals surface area contributed by atoms with E-state index in [0.717, 1.165) is 28.2 Å². The maximum Gasteiger partial charge on any atom is 0.151 e. The number of fused-ring (bicyclic) bond motifs is 1. The summed E-state index contributed by atoms with van der Waals surface area (Å²) < 4.78 is 14.1. The molecule has 24 heavy (non-hydrogen) atoms. The summed E-state index contributed by atoms with van der Waals surface area (Å²) >= 11 is 0. The van der Waals surface area contributed by atoms with Crippen LogP contribution < -0.4 is 4.74 Å². The minimum Gasteiger partial charge on any atom is -0.488 e. The molecule has 0 fully saturated rings. The lowest BCUT2D eigenvalue weighted by atomic mass is 9.92. The van der Waals surface area contributed by atoms with E-state index in [1.165, 1.54) is 0 Å². The molecule has 0 amide bonds. The van der Waals surface area contributed by atoms with Gasteiger partial charge >= 0.3 is 0 Å². The van der Waals surface area contributed by atoms with Crippen molar-refractivity contribution < 1.29 is 14.3 Å². The third-order valence-electron chi connectivity index (χ3n) is 3.94. The summed E-state index contributed by atoms with van der Waals surface area (Å²) in [6, 6.07) is 11.9. The zero-order chi connectivity index (χ0) is 17.5. The van der Waals surface area contributed by atoms with Crippen molar-refractivity contribution >= 4 is 11.0 Å². The van der Waals surface area contributed by atoms with E-state index in [1.54, 1.807) is 13.8 Å². The lowest BCUT2D eigenvalue weighted by Crippen LogP contribution is -2.37. The Morgan fingerprint density at radius 3 is 2.50 bits per heavy atom. The van der Waals surface area contributed by atoms with E-state index in [-0.39, 0.29) is 0 Å². The average molecular weight is 327 g/mol. The second-order valence-corrected chi connectivity index (χ2v) is 7.67. The summed E-state index contributed by atoms with van der Waals surface area (Å²) in [5.41, 5.74) is 0.580. The highest BCUT2D eigenvalue weighted by molar-refractivity contribution is 5.83. The molecule has 4 nitrogen and oxygen atoms in total. The van der Waals surface area contributed by atoms with Gasteiger partial charge in [-0.3, -0.25) is 0 Å². The Morgan fingerprint density at radius 1 is 1.12 bits per heavy atom. The number of hydrogen-bond donors (Lipinski definition) is 1. The molecule has 3 rings (SSSR count). The van der Waals surface area contributed by atoms with Crippen LogP contribution in [0.5, 0.6) is 5.75 Å². The number of ether oxygens (including phenoxy) is 1. The van der Waals surface area contributed by atoms with E-state index >= 15 is 0 Å². The Kier molecular flexibility index (Phi) is 3.96. The fourth-order valence-corrected chi connectivity index (χ4v) is 3.32. The zero-order valence-electron chi connectivity index (χ0n) is 15.0. The molecule has 0 aliphatic heterocycles. The predicted octanol–water partition coefficient (Wildman–Crippen LogP) is 4.76. The predicted molar refractivity (Wildman–Crippen MR) is 96.2 cm³/mol. The minimum absolute atomic E-state index is 0.473. The van der Waals surface area contributed by atoms with Crippen molar-refractivity contribution in [2.24, 2.45) is 7.05 Å². The second-order valence-electron chi connectivity index (χ2n) is 7.67. The highest BCUT2D eigenvalue weighted by Gasteiger charge is 2.28. The van der Waals surface area contributed by atoms with Gasteiger partial charge in [0.15, 0.2) is 5.76 Å². The van der Waals surface area contributed by atoms with Crippen molar-refractivity contribution in [3.05, 3.63) is 42.6 Å². The monoisotopic (exact) mass is 327 g/mol. The molecule has 0 bridgehead atoms. The van der Waals surface area contributed by atoms with E-state index in [0.29, 0.717) is 6.42 Å². The van der Waals surface area contributed by atoms with Crippen molar-refractivity contribution in [1.29, 1.82) is 0 Å². The van der Waals surface area contributed by atoms with E-state index in [4.69, 9.17) is 9.15 Å². The van der Waals surface area contributed by atoms with E-state index < -0.39 is 11.2 Å². The first kappa shape index (κ1) is 16.7. The fraction of sp³-hybridized carbons (Fsp3) is 0.400. The molecule has 1 aromatic carbocycles. The number of aryl methyl sites for hydroxylation is 1. The molecule has 0 saturated heterocycles. The van der Waals surface area contributed by atoms with Crippen molar-refractivity contribution in [2.45, 2.75) is 45.3 Å². The van der Waals surface area contributed by atoms with Crippen LogP contribution in [0.2, 0.25) is 0 Å². The number of nitrogens with zero attached hydrogens (tertiary/aromatic N) is 1. The van der Waals surface area contributed by atoms with Crippen LogP contribution in [-0.4, -0.2) is 20.9 Å². The zero-order valence-corrected chi connectivity index (χ0v) is 15.0. The fourth-order valence-electron chi connectivity index (χ4n) is 3.32. The van der Waals surface area contributed by atoms with Crippen LogP contribution in [0, 0.1) is 0 Å². The molecule has 2 heterocycles. The van der Waals surface area contributed by atoms with Crippen molar-refractivity contribution in [3.8, 4) is 17.2 Å². The van der Waals surface area contributed by atoms with Gasteiger partial charge in [0.2, 0.25) is 0 Å². The molecule has 3 aromatic rings. The number of aromatic nitrogens is 1. The molecule has 0 radical (unpaired) electrons. The standard InChI is InChI=1S/C20H25NO3/c1-19(2,22)13-20(3,4)24-15-9-8-14-11-18(23-17(14)12-15)16-7-6-10-21(16)5/h6-12,22H,13H2,1-5H3. The van der Waals surface area contributed by atoms with Gasteiger partial charge in [-0.2, -0.15) is 0 Å². The van der Waals surface area contributed by atoms with Gasteiger partial charge in [0, 0.05) is 31.1 Å². The molecule has 0 atom stereocenters. The van der Waals surface area contributed by atoms with Gasteiger partial charge in [-0.1, -0.05) is 0 Å². The number of hydrogen-bond acceptors (Lipinski definition) is 3. The Labute approximate surface area is 142 Å². The molecule has 128 valence electrons. The van der Waals surface area contributed by atoms with Gasteiger partial charge in [0.05, 0.1) is 11.3 Å². The second kappa shape index (κ2) is 5.71. The summed E-state index contributed by atoms with van der Waals surface area (Å²) in [5.74, 6) is 1.58. The van der Waals surface area contributed by atoms with Gasteiger partial charge in [-0.25, -0.2) is 0 Å². The molecule has 4 heteroatoms. The largest absolute Gasteiger partial charge is 0.488 e. The Balaban J connectivity index is 1.88. The number of benzene rings is 1. The molecule has 0 aliphatic rings. The Morgan fingerprint density at radius 2 is 1.88 bits per heavy atom. The molecule has 0 unspecified atom stereocenters. The van der Waals surface area contributed by atoms with Crippen LogP contribution in [0.3, 0.4) is 0 Å². The third-order valence-corrected chi connectivity index (χ3v) is 3.94. The van der Waals surface area contributed by atoms with Crippen LogP contribution in [-0.2, 0) is 7.05 Å². The highest BCUT2D eigenvalue weighted by atomic mass is 16.5. The summed E-state index contributed by atoms with van der Waals surface area (Å²) in [4.78, 5) is 0. The maximum absolute atomic E-state index is 10.0. The summed E-state index contributed by atoms with van der Waals surface area (Å²) in [7, 11) is 2.00. The third kappa shape index (κ3) is 3.65. The molecule has 2 aromatic heterocycles. The van der Waals surface area contributed by atoms with Gasteiger partial charge in [0.1, 0.15) is 16.9 Å². The molecule has 0 spiro atoms. The summed E-state index contributed by atoms with van der Waals surface area (Å²) in [6.07, 6.45) is 2.53. The SMILES string of the molecule is Cn1cccc1-c1cc2ccc(OC(C)(C)CC(C)(C)O)cc2o1. The lowest BCUT2D eigenvalue weighted by molar-refractivity contribution is -0.0106. The average Bonchev–Trinajstić information content (AvgIpc) is 3.00. The summed E-state index contributed by atoms with van der Waals surface area (Å²) in [5, 5.41) is 11.1. The molecular weight excluding hydrogens is 302 g/mol. The number of rotatable bonds is 5. The molecule has 0 aliphatic carbocycles. The maximum atomic E-state index is 10.0. The summed E-state index contributed by atoms with van der Waals surface area (Å²) in [6.45, 7) is 7.54. The van der Waals surface area contributed by atoms with Gasteiger partial charge in [-0.05, 0) is 58.0 Å². The van der Waals surface area contributed by atoms with Crippen LogP contribution in [0.1, 0.15) is 34.1 Å². The molecule has 0 saturated carbocycles. The van der Waals surface area contributed by atoms with Crippen molar-refractivity contribution in [2.75, 3.05) is 0 Å². The molecule has 1 N–H and O–H groups in total. The smallest absolute Gasteiger partial charge is 0.151 e. The highest BCUT2D eigenvalue weighted by Crippen LogP contribution is 2.32. The first-order chi connectivity index (χ1) is 11.1. The first-order valence-corrected chi connectivity index (χ1v) is 8.20. The van der Waals surface area contributed by atoms with Gasteiger partial charge in [-0.15, -0.1) is 0 Å². The Hall–Kier alpha value is -2.20. The van der Waals surface area contributed by atoms with Crippen LogP contribution >= 0.6 is 0 Å². The normalized spacial score (nSPS) is 12.8. The van der Waals surface area contributed by atoms with Crippen LogP contribution in [0.4, 0.5) is 0 Å². The van der Waals surface area contributed by atoms with E-state index in [2.05, 4.69) is 0 Å². The first-order valence-electron chi connectivity index (χ1n) is 8.20. The number of furan rings is 1. The van der Waals surface area contributed by atoms with Gasteiger partial charge < -0.3 is 18.8 Å². The van der Waals surface area contributed by atoms with Crippen molar-refractivity contribution in [3.63, 3.8) is 0 Å². The topological polar surface area (TPSA) is 47.5 Å². The van der Waals surface area contributed by atoms with E-state index in [1.807, 2.05) is 68.1 Å². The quantitative estimate of drug-likeness (QED) is 0.735. The Bertz CT molecular complexity index is 849. The van der Waals surface area contributed by atoms with Crippen LogP contribution in [0.15, 0.2) is 47.0 Å². The lowest BCUT2D eigenvalue weighted by Gasteiger charge is -2.32. The minimum atomic E-state index is -0.780.